The average Bonchev–Trinajstić information content (AvgIpc) is 3.07. The Labute approximate surface area is 276 Å². The number of hydrogen-bond acceptors (Lipinski definition) is 6. The summed E-state index contributed by atoms with van der Waals surface area (Å²) in [7, 11) is 0. The quantitative estimate of drug-likeness (QED) is 0.106. The number of ether oxygens (including phenoxy) is 1. The van der Waals surface area contributed by atoms with Gasteiger partial charge in [-0.2, -0.15) is 0 Å². The Morgan fingerprint density at radius 2 is 1.46 bits per heavy atom. The maximum Gasteiger partial charge on any atom is 0.261 e. The van der Waals surface area contributed by atoms with Gasteiger partial charge in [-0.3, -0.25) is 14.4 Å². The molecule has 0 fully saturated rings. The fourth-order valence-corrected chi connectivity index (χ4v) is 5.69. The monoisotopic (exact) mass is 642 g/mol. The summed E-state index contributed by atoms with van der Waals surface area (Å²) in [5.41, 5.74) is 0.755. The van der Waals surface area contributed by atoms with E-state index in [2.05, 4.69) is 17.2 Å². The molecule has 0 unspecified atom stereocenters. The lowest BCUT2D eigenvalue weighted by Crippen LogP contribution is -2.31. The molecule has 7 nitrogen and oxygen atoms in total. The molecule has 8 heteroatoms. The predicted octanol–water partition coefficient (Wildman–Crippen LogP) is 10.1. The minimum Gasteiger partial charge on any atom is -0.506 e. The number of carbonyl (C=O) groups excluding carboxylic acids is 3. The van der Waals surface area contributed by atoms with Crippen molar-refractivity contribution in [2.45, 2.75) is 84.0 Å². The molecule has 1 aliphatic rings. The molecule has 0 aromatic heterocycles. The third kappa shape index (κ3) is 9.39. The highest BCUT2D eigenvalue weighted by Gasteiger charge is 2.35. The molecular weight excluding hydrogens is 600 g/mol. The smallest absolute Gasteiger partial charge is 0.261 e. The van der Waals surface area contributed by atoms with Gasteiger partial charge >= 0.3 is 0 Å². The van der Waals surface area contributed by atoms with Crippen molar-refractivity contribution in [1.82, 2.24) is 0 Å². The summed E-state index contributed by atoms with van der Waals surface area (Å²) in [6.45, 7) is 2.75. The number of amides is 1. The fraction of sp³-hybridized carbons (Fsp3) is 0.368. The van der Waals surface area contributed by atoms with Crippen molar-refractivity contribution in [1.29, 1.82) is 0 Å². The highest BCUT2D eigenvalue weighted by Crippen LogP contribution is 2.33. The van der Waals surface area contributed by atoms with Gasteiger partial charge in [0.1, 0.15) is 22.8 Å². The second kappa shape index (κ2) is 18.1. The van der Waals surface area contributed by atoms with Gasteiger partial charge < -0.3 is 15.2 Å². The molecule has 1 aliphatic carbocycles. The number of hydrogen-bond donors (Lipinski definition) is 2. The topological polar surface area (TPSA) is 105 Å². The Bertz CT molecular complexity index is 1580. The van der Waals surface area contributed by atoms with Gasteiger partial charge in [-0.15, -0.1) is 0 Å². The van der Waals surface area contributed by atoms with E-state index >= 15 is 0 Å². The van der Waals surface area contributed by atoms with E-state index in [4.69, 9.17) is 16.3 Å². The summed E-state index contributed by atoms with van der Waals surface area (Å²) < 4.78 is 6.04. The summed E-state index contributed by atoms with van der Waals surface area (Å²) in [4.78, 5) is 43.2. The minimum atomic E-state index is -0.718. The van der Waals surface area contributed by atoms with E-state index in [1.807, 2.05) is 6.07 Å². The normalized spacial score (nSPS) is 13.5. The molecule has 2 N–H and O–H groups in total. The van der Waals surface area contributed by atoms with Gasteiger partial charge in [0.2, 0.25) is 5.78 Å². The zero-order valence-corrected chi connectivity index (χ0v) is 27.3. The van der Waals surface area contributed by atoms with Crippen molar-refractivity contribution in [3.05, 3.63) is 94.0 Å². The van der Waals surface area contributed by atoms with E-state index < -0.39 is 11.7 Å². The van der Waals surface area contributed by atoms with E-state index in [-0.39, 0.29) is 44.4 Å². The molecule has 0 saturated carbocycles. The molecule has 0 aliphatic heterocycles. The van der Waals surface area contributed by atoms with E-state index in [1.54, 1.807) is 42.5 Å². The lowest BCUT2D eigenvalue weighted by Gasteiger charge is -2.21. The van der Waals surface area contributed by atoms with Crippen molar-refractivity contribution in [3.63, 3.8) is 0 Å². The number of ketones is 1. The van der Waals surface area contributed by atoms with E-state index in [9.17, 15) is 19.5 Å². The first-order chi connectivity index (χ1) is 22.4. The van der Waals surface area contributed by atoms with Crippen LogP contribution in [0.15, 0.2) is 77.3 Å². The molecule has 4 rings (SSSR count). The van der Waals surface area contributed by atoms with E-state index in [0.717, 1.165) is 12.8 Å². The molecule has 0 saturated heterocycles. The van der Waals surface area contributed by atoms with Crippen LogP contribution in [0.1, 0.15) is 110 Å². The molecule has 3 aromatic rings. The zero-order chi connectivity index (χ0) is 32.7. The summed E-state index contributed by atoms with van der Waals surface area (Å²) in [5.74, 6) is -1.12. The number of aldehydes is 1. The number of aliphatic hydroxyl groups excluding tert-OH is 1. The second-order valence-corrected chi connectivity index (χ2v) is 12.0. The maximum atomic E-state index is 13.8. The van der Waals surface area contributed by atoms with Crippen molar-refractivity contribution in [2.24, 2.45) is 4.99 Å². The van der Waals surface area contributed by atoms with Crippen LogP contribution < -0.4 is 10.1 Å². The fourth-order valence-electron chi connectivity index (χ4n) is 5.52. The number of benzene rings is 3. The number of aliphatic hydroxyl groups is 1. The number of nitrogens with zero attached hydrogens (tertiary/aromatic N) is 1. The van der Waals surface area contributed by atoms with Gasteiger partial charge in [0, 0.05) is 16.7 Å². The summed E-state index contributed by atoms with van der Waals surface area (Å²) >= 11 is 6.07. The molecule has 242 valence electrons. The number of carbonyl (C=O) groups is 3. The maximum absolute atomic E-state index is 13.8. The Kier molecular flexibility index (Phi) is 13.6. The molecule has 46 heavy (non-hydrogen) atoms. The SMILES string of the molecule is CCCCCCCCCCCCCCOc1ccccc1NC(=O)C1=C(O)c2ccccc2C(=O)C1=Nc1ccc(Cl)c(C=O)c1. The predicted molar refractivity (Wildman–Crippen MR) is 186 cm³/mol. The van der Waals surface area contributed by atoms with Crippen LogP contribution in [0.25, 0.3) is 5.76 Å². The number of aliphatic imine (C=N–C) groups is 1. The first-order valence-corrected chi connectivity index (χ1v) is 16.8. The standard InChI is InChI=1S/C38H43ClN2O5/c1-2-3-4-5-6-7-8-9-10-11-12-17-24-46-33-21-16-15-20-32(33)41-38(45)34-35(40-28-22-23-31(39)27(25-28)26-42)37(44)30-19-14-13-18-29(30)36(34)43/h13-16,18-23,25-26,43H,2-12,17,24H2,1H3,(H,41,45). The largest absolute Gasteiger partial charge is 0.506 e. The van der Waals surface area contributed by atoms with Gasteiger partial charge in [-0.1, -0.05) is 126 Å². The highest BCUT2D eigenvalue weighted by atomic mass is 35.5. The third-order valence-corrected chi connectivity index (χ3v) is 8.42. The van der Waals surface area contributed by atoms with Gasteiger partial charge in [0.05, 0.1) is 23.0 Å². The van der Waals surface area contributed by atoms with Crippen LogP contribution >= 0.6 is 11.6 Å². The van der Waals surface area contributed by atoms with Crippen LogP contribution in [0, 0.1) is 0 Å². The van der Waals surface area contributed by atoms with Crippen LogP contribution in [0.5, 0.6) is 5.75 Å². The average molecular weight is 643 g/mol. The Hall–Kier alpha value is -4.23. The number of anilines is 1. The van der Waals surface area contributed by atoms with Gasteiger partial charge in [0.25, 0.3) is 5.91 Å². The summed E-state index contributed by atoms with van der Waals surface area (Å²) in [6.07, 6.45) is 15.6. The van der Waals surface area contributed by atoms with Crippen molar-refractivity contribution in [3.8, 4) is 5.75 Å². The Morgan fingerprint density at radius 1 is 0.848 bits per heavy atom. The Balaban J connectivity index is 1.40. The highest BCUT2D eigenvalue weighted by molar-refractivity contribution is 6.60. The van der Waals surface area contributed by atoms with Crippen LogP contribution in [0.4, 0.5) is 11.4 Å². The Morgan fingerprint density at radius 3 is 2.13 bits per heavy atom. The molecule has 3 aromatic carbocycles. The van der Waals surface area contributed by atoms with E-state index in [0.29, 0.717) is 24.3 Å². The minimum absolute atomic E-state index is 0.186. The second-order valence-electron chi connectivity index (χ2n) is 11.6. The van der Waals surface area contributed by atoms with Crippen molar-refractivity contribution >= 4 is 52.4 Å². The molecule has 0 spiro atoms. The van der Waals surface area contributed by atoms with Crippen LogP contribution in [-0.4, -0.2) is 35.4 Å². The third-order valence-electron chi connectivity index (χ3n) is 8.08. The number of unbranched alkanes of at least 4 members (excludes halogenated alkanes) is 11. The lowest BCUT2D eigenvalue weighted by molar-refractivity contribution is -0.112. The molecule has 0 atom stereocenters. The number of halogens is 1. The molecule has 1 amide bonds. The van der Waals surface area contributed by atoms with Gasteiger partial charge in [0.15, 0.2) is 6.29 Å². The van der Waals surface area contributed by atoms with Gasteiger partial charge in [-0.05, 0) is 36.8 Å². The molecule has 0 heterocycles. The first kappa shape index (κ1) is 34.6. The number of rotatable bonds is 18. The van der Waals surface area contributed by atoms with Gasteiger partial charge in [-0.25, -0.2) is 4.99 Å². The number of para-hydroxylation sites is 2. The molecular formula is C38H43ClN2O5. The van der Waals surface area contributed by atoms with Crippen molar-refractivity contribution in [2.75, 3.05) is 11.9 Å². The van der Waals surface area contributed by atoms with E-state index in [1.165, 1.54) is 82.4 Å². The summed E-state index contributed by atoms with van der Waals surface area (Å²) in [6, 6.07) is 18.0. The van der Waals surface area contributed by atoms with Crippen LogP contribution in [0.3, 0.4) is 0 Å². The van der Waals surface area contributed by atoms with Crippen molar-refractivity contribution < 1.29 is 24.2 Å². The summed E-state index contributed by atoms with van der Waals surface area (Å²) in [5, 5.41) is 14.3. The molecule has 0 bridgehead atoms. The number of fused-ring (bicyclic) bond motifs is 1. The number of Topliss-reactive ketones (excluding diaryl/α,β-unsaturated/α-hetero) is 1. The number of nitrogens with one attached hydrogen (secondary N) is 1. The first-order valence-electron chi connectivity index (χ1n) is 16.4. The zero-order valence-electron chi connectivity index (χ0n) is 26.5. The molecule has 0 radical (unpaired) electrons. The lowest BCUT2D eigenvalue weighted by atomic mass is 9.87. The van der Waals surface area contributed by atoms with Crippen LogP contribution in [-0.2, 0) is 4.79 Å². The van der Waals surface area contributed by atoms with Crippen LogP contribution in [0.2, 0.25) is 5.02 Å².